The van der Waals surface area contributed by atoms with Gasteiger partial charge in [0.05, 0.1) is 20.4 Å². The molecule has 0 unspecified atom stereocenters. The first-order valence-corrected chi connectivity index (χ1v) is 8.85. The lowest BCUT2D eigenvalue weighted by Crippen LogP contribution is -2.46. The topological polar surface area (TPSA) is 75.6 Å². The maximum atomic E-state index is 5.34. The fourth-order valence-electron chi connectivity index (χ4n) is 2.99. The number of rotatable bonds is 7. The number of hydrogen-bond donors (Lipinski definition) is 1. The van der Waals surface area contributed by atoms with Crippen molar-refractivity contribution in [2.45, 2.75) is 13.5 Å². The molecule has 26 heavy (non-hydrogen) atoms. The highest BCUT2D eigenvalue weighted by atomic mass is 16.5. The molecule has 1 aromatic carbocycles. The molecule has 1 aromatic heterocycles. The Balaban J connectivity index is 1.62. The molecular formula is C18H26N6O2. The number of hydrogen-bond acceptors (Lipinski definition) is 8. The molecule has 1 saturated heterocycles. The van der Waals surface area contributed by atoms with E-state index in [2.05, 4.69) is 37.2 Å². The van der Waals surface area contributed by atoms with Crippen molar-refractivity contribution in [1.82, 2.24) is 20.1 Å². The summed E-state index contributed by atoms with van der Waals surface area (Å²) in [6, 6.07) is 5.81. The summed E-state index contributed by atoms with van der Waals surface area (Å²) < 4.78 is 10.6. The minimum absolute atomic E-state index is 0.523. The highest BCUT2D eigenvalue weighted by Gasteiger charge is 2.17. The number of nitrogens with zero attached hydrogens (tertiary/aromatic N) is 5. The van der Waals surface area contributed by atoms with Crippen molar-refractivity contribution in [2.24, 2.45) is 0 Å². The van der Waals surface area contributed by atoms with E-state index in [-0.39, 0.29) is 0 Å². The molecule has 0 radical (unpaired) electrons. The lowest BCUT2D eigenvalue weighted by molar-refractivity contribution is 0.270. The van der Waals surface area contributed by atoms with Gasteiger partial charge in [-0.3, -0.25) is 0 Å². The SMILES string of the molecule is CCN1CCN(c2cnnc(NCc3ccc(OC)c(OC)c3)n2)CC1. The Kier molecular flexibility index (Phi) is 6.06. The zero-order valence-corrected chi connectivity index (χ0v) is 15.6. The average molecular weight is 358 g/mol. The van der Waals surface area contributed by atoms with Gasteiger partial charge in [-0.05, 0) is 24.2 Å². The van der Waals surface area contributed by atoms with Crippen molar-refractivity contribution in [3.63, 3.8) is 0 Å². The normalized spacial score (nSPS) is 15.0. The number of nitrogens with one attached hydrogen (secondary N) is 1. The molecular weight excluding hydrogens is 332 g/mol. The zero-order chi connectivity index (χ0) is 18.4. The van der Waals surface area contributed by atoms with Gasteiger partial charge < -0.3 is 24.6 Å². The van der Waals surface area contributed by atoms with Crippen LogP contribution in [0.2, 0.25) is 0 Å². The molecule has 2 aromatic rings. The average Bonchev–Trinajstić information content (AvgIpc) is 2.72. The smallest absolute Gasteiger partial charge is 0.244 e. The summed E-state index contributed by atoms with van der Waals surface area (Å²) >= 11 is 0. The van der Waals surface area contributed by atoms with Gasteiger partial charge in [0.15, 0.2) is 17.3 Å². The van der Waals surface area contributed by atoms with Crippen LogP contribution in [0.15, 0.2) is 24.4 Å². The molecule has 0 saturated carbocycles. The monoisotopic (exact) mass is 358 g/mol. The van der Waals surface area contributed by atoms with E-state index in [9.17, 15) is 0 Å². The lowest BCUT2D eigenvalue weighted by atomic mass is 10.2. The van der Waals surface area contributed by atoms with Crippen molar-refractivity contribution in [3.05, 3.63) is 30.0 Å². The van der Waals surface area contributed by atoms with Crippen LogP contribution in [0, 0.1) is 0 Å². The molecule has 0 bridgehead atoms. The van der Waals surface area contributed by atoms with Crippen LogP contribution >= 0.6 is 0 Å². The van der Waals surface area contributed by atoms with Gasteiger partial charge in [0, 0.05) is 32.7 Å². The van der Waals surface area contributed by atoms with Crippen LogP contribution in [-0.4, -0.2) is 67.0 Å². The van der Waals surface area contributed by atoms with Crippen molar-refractivity contribution in [3.8, 4) is 11.5 Å². The Labute approximate surface area is 154 Å². The van der Waals surface area contributed by atoms with Gasteiger partial charge in [-0.15, -0.1) is 5.10 Å². The zero-order valence-electron chi connectivity index (χ0n) is 15.6. The second-order valence-electron chi connectivity index (χ2n) is 6.10. The third kappa shape index (κ3) is 4.32. The molecule has 140 valence electrons. The number of methoxy groups -OCH3 is 2. The van der Waals surface area contributed by atoms with Crippen molar-refractivity contribution >= 4 is 11.8 Å². The maximum Gasteiger partial charge on any atom is 0.244 e. The third-order valence-electron chi connectivity index (χ3n) is 4.59. The standard InChI is InChI=1S/C18H26N6O2/c1-4-23-7-9-24(10-8-23)17-13-20-22-18(21-17)19-12-14-5-6-15(25-2)16(11-14)26-3/h5-6,11,13H,4,7-10,12H2,1-3H3,(H,19,21,22). The number of anilines is 2. The Morgan fingerprint density at radius 1 is 1.08 bits per heavy atom. The number of likely N-dealkylation sites (N-methyl/N-ethyl adjacent to an activating group) is 1. The van der Waals surface area contributed by atoms with E-state index in [4.69, 9.17) is 9.47 Å². The molecule has 3 rings (SSSR count). The summed E-state index contributed by atoms with van der Waals surface area (Å²) in [7, 11) is 3.25. The van der Waals surface area contributed by atoms with Gasteiger partial charge >= 0.3 is 0 Å². The maximum absolute atomic E-state index is 5.34. The highest BCUT2D eigenvalue weighted by Crippen LogP contribution is 2.27. The Hall–Kier alpha value is -2.61. The summed E-state index contributed by atoms with van der Waals surface area (Å²) in [5.74, 6) is 2.80. The number of benzene rings is 1. The number of aromatic nitrogens is 3. The van der Waals surface area contributed by atoms with E-state index >= 15 is 0 Å². The molecule has 0 atom stereocenters. The number of ether oxygens (including phenoxy) is 2. The second kappa shape index (κ2) is 8.66. The van der Waals surface area contributed by atoms with Gasteiger partial charge in [0.1, 0.15) is 0 Å². The van der Waals surface area contributed by atoms with Crippen LogP contribution in [0.4, 0.5) is 11.8 Å². The van der Waals surface area contributed by atoms with E-state index in [0.717, 1.165) is 44.1 Å². The van der Waals surface area contributed by atoms with Gasteiger partial charge in [-0.25, -0.2) is 0 Å². The van der Waals surface area contributed by atoms with Gasteiger partial charge in [-0.1, -0.05) is 13.0 Å². The second-order valence-corrected chi connectivity index (χ2v) is 6.10. The molecule has 0 amide bonds. The molecule has 1 aliphatic rings. The summed E-state index contributed by atoms with van der Waals surface area (Å²) in [5.41, 5.74) is 1.05. The van der Waals surface area contributed by atoms with Crippen LogP contribution < -0.4 is 19.7 Å². The lowest BCUT2D eigenvalue weighted by Gasteiger charge is -2.34. The van der Waals surface area contributed by atoms with Crippen LogP contribution in [0.1, 0.15) is 12.5 Å². The predicted molar refractivity (Wildman–Crippen MR) is 101 cm³/mol. The van der Waals surface area contributed by atoms with E-state index < -0.39 is 0 Å². The number of piperazine rings is 1. The highest BCUT2D eigenvalue weighted by molar-refractivity contribution is 5.45. The summed E-state index contributed by atoms with van der Waals surface area (Å²) in [5, 5.41) is 11.4. The molecule has 2 heterocycles. The molecule has 1 fully saturated rings. The summed E-state index contributed by atoms with van der Waals surface area (Å²) in [6.07, 6.45) is 1.73. The molecule has 8 nitrogen and oxygen atoms in total. The van der Waals surface area contributed by atoms with E-state index in [0.29, 0.717) is 24.0 Å². The first kappa shape index (κ1) is 18.2. The molecule has 0 spiro atoms. The first-order valence-electron chi connectivity index (χ1n) is 8.85. The van der Waals surface area contributed by atoms with Crippen molar-refractivity contribution in [2.75, 3.05) is 57.2 Å². The molecule has 0 aliphatic carbocycles. The quantitative estimate of drug-likeness (QED) is 0.801. The minimum Gasteiger partial charge on any atom is -0.493 e. The molecule has 1 aliphatic heterocycles. The van der Waals surface area contributed by atoms with Crippen LogP contribution in [0.5, 0.6) is 11.5 Å². The van der Waals surface area contributed by atoms with Gasteiger partial charge in [0.25, 0.3) is 0 Å². The van der Waals surface area contributed by atoms with Crippen LogP contribution in [0.25, 0.3) is 0 Å². The third-order valence-corrected chi connectivity index (χ3v) is 4.59. The largest absolute Gasteiger partial charge is 0.493 e. The summed E-state index contributed by atoms with van der Waals surface area (Å²) in [6.45, 7) is 7.88. The summed E-state index contributed by atoms with van der Waals surface area (Å²) in [4.78, 5) is 9.29. The predicted octanol–water partition coefficient (Wildman–Crippen LogP) is 1.64. The Bertz CT molecular complexity index is 719. The fraction of sp³-hybridized carbons (Fsp3) is 0.500. The van der Waals surface area contributed by atoms with Crippen LogP contribution in [0.3, 0.4) is 0 Å². The minimum atomic E-state index is 0.523. The van der Waals surface area contributed by atoms with E-state index in [1.807, 2.05) is 18.2 Å². The van der Waals surface area contributed by atoms with E-state index in [1.165, 1.54) is 0 Å². The molecule has 8 heteroatoms. The van der Waals surface area contributed by atoms with Crippen LogP contribution in [-0.2, 0) is 6.54 Å². The van der Waals surface area contributed by atoms with Crippen molar-refractivity contribution < 1.29 is 9.47 Å². The Morgan fingerprint density at radius 2 is 1.85 bits per heavy atom. The van der Waals surface area contributed by atoms with E-state index in [1.54, 1.807) is 20.4 Å². The van der Waals surface area contributed by atoms with Gasteiger partial charge in [-0.2, -0.15) is 10.1 Å². The Morgan fingerprint density at radius 3 is 2.54 bits per heavy atom. The van der Waals surface area contributed by atoms with Crippen molar-refractivity contribution in [1.29, 1.82) is 0 Å². The first-order chi connectivity index (χ1) is 12.7. The van der Waals surface area contributed by atoms with Gasteiger partial charge in [0.2, 0.25) is 5.95 Å². The molecule has 1 N–H and O–H groups in total. The fourth-order valence-corrected chi connectivity index (χ4v) is 2.99.